The van der Waals surface area contributed by atoms with Gasteiger partial charge in [0.25, 0.3) is 0 Å². The van der Waals surface area contributed by atoms with Crippen LogP contribution in [0.3, 0.4) is 0 Å². The monoisotopic (exact) mass is 280 g/mol. The fourth-order valence-electron chi connectivity index (χ4n) is 1.87. The van der Waals surface area contributed by atoms with Crippen molar-refractivity contribution in [1.82, 2.24) is 0 Å². The summed E-state index contributed by atoms with van der Waals surface area (Å²) in [6.45, 7) is -0.0792. The molecular formula is C8H8O9S. The number of cyclic esters (lactones) is 4. The SMILES string of the molecule is O=C1OCC(C2OS(=O)OC2C2COC(=O)O2)O1. The van der Waals surface area contributed by atoms with Gasteiger partial charge in [0.05, 0.1) is 0 Å². The maximum atomic E-state index is 11.2. The predicted octanol–water partition coefficient (Wildman–Crippen LogP) is -0.580. The molecule has 0 aromatic rings. The molecule has 3 saturated heterocycles. The van der Waals surface area contributed by atoms with Crippen molar-refractivity contribution in [3.8, 4) is 0 Å². The Bertz CT molecular complexity index is 373. The second-order valence-corrected chi connectivity index (χ2v) is 4.55. The van der Waals surface area contributed by atoms with Crippen LogP contribution in [-0.4, -0.2) is 54.1 Å². The zero-order chi connectivity index (χ0) is 12.7. The van der Waals surface area contributed by atoms with Crippen molar-refractivity contribution in [3.63, 3.8) is 0 Å². The van der Waals surface area contributed by atoms with E-state index in [1.807, 2.05) is 0 Å². The summed E-state index contributed by atoms with van der Waals surface area (Å²) in [7, 11) is 0. The molecule has 4 unspecified atom stereocenters. The Morgan fingerprint density at radius 1 is 0.889 bits per heavy atom. The summed E-state index contributed by atoms with van der Waals surface area (Å²) in [5, 5.41) is 0. The highest BCUT2D eigenvalue weighted by Crippen LogP contribution is 2.30. The summed E-state index contributed by atoms with van der Waals surface area (Å²) in [5.74, 6) is 0. The second-order valence-electron chi connectivity index (χ2n) is 3.76. The van der Waals surface area contributed by atoms with Gasteiger partial charge in [0.1, 0.15) is 25.4 Å². The van der Waals surface area contributed by atoms with Gasteiger partial charge >= 0.3 is 23.7 Å². The molecule has 0 aromatic heterocycles. The molecule has 0 aromatic carbocycles. The molecule has 0 saturated carbocycles. The molecule has 3 heterocycles. The zero-order valence-electron chi connectivity index (χ0n) is 8.81. The van der Waals surface area contributed by atoms with E-state index in [1.54, 1.807) is 0 Å². The Balaban J connectivity index is 1.73. The first-order valence-electron chi connectivity index (χ1n) is 5.06. The van der Waals surface area contributed by atoms with Crippen LogP contribution in [0.25, 0.3) is 0 Å². The summed E-state index contributed by atoms with van der Waals surface area (Å²) >= 11 is -1.99. The van der Waals surface area contributed by atoms with E-state index in [-0.39, 0.29) is 13.2 Å². The molecule has 3 aliphatic heterocycles. The topological polar surface area (TPSA) is 107 Å². The number of carbonyl (C=O) groups is 2. The van der Waals surface area contributed by atoms with Gasteiger partial charge in [-0.1, -0.05) is 0 Å². The van der Waals surface area contributed by atoms with Crippen LogP contribution in [0.4, 0.5) is 9.59 Å². The first-order chi connectivity index (χ1) is 8.63. The van der Waals surface area contributed by atoms with E-state index in [4.69, 9.17) is 17.8 Å². The molecule has 3 aliphatic rings. The summed E-state index contributed by atoms with van der Waals surface area (Å²) in [6.07, 6.45) is -4.85. The van der Waals surface area contributed by atoms with Gasteiger partial charge in [0.15, 0.2) is 12.2 Å². The van der Waals surface area contributed by atoms with Crippen molar-refractivity contribution >= 4 is 23.7 Å². The Hall–Kier alpha value is -1.39. The van der Waals surface area contributed by atoms with Gasteiger partial charge in [-0.3, -0.25) is 8.37 Å². The van der Waals surface area contributed by atoms with Gasteiger partial charge in [-0.25, -0.2) is 9.59 Å². The quantitative estimate of drug-likeness (QED) is 0.614. The minimum Gasteiger partial charge on any atom is -0.430 e. The average molecular weight is 280 g/mol. The fourth-order valence-corrected chi connectivity index (χ4v) is 2.74. The molecule has 4 atom stereocenters. The molecule has 100 valence electrons. The summed E-state index contributed by atoms with van der Waals surface area (Å²) in [5.41, 5.74) is 0. The lowest BCUT2D eigenvalue weighted by molar-refractivity contribution is -0.0163. The highest BCUT2D eigenvalue weighted by atomic mass is 32.2. The maximum absolute atomic E-state index is 11.2. The fraction of sp³-hybridized carbons (Fsp3) is 0.750. The van der Waals surface area contributed by atoms with Gasteiger partial charge in [0, 0.05) is 0 Å². The van der Waals surface area contributed by atoms with Crippen molar-refractivity contribution in [2.45, 2.75) is 24.4 Å². The van der Waals surface area contributed by atoms with Gasteiger partial charge in [-0.2, -0.15) is 4.21 Å². The normalized spacial score (nSPS) is 43.2. The lowest BCUT2D eigenvalue weighted by atomic mass is 10.0. The molecule has 0 amide bonds. The number of hydrogen-bond donors (Lipinski definition) is 0. The van der Waals surface area contributed by atoms with Gasteiger partial charge in [-0.15, -0.1) is 0 Å². The van der Waals surface area contributed by atoms with Gasteiger partial charge in [0.2, 0.25) is 0 Å². The minimum absolute atomic E-state index is 0.0396. The molecule has 3 fully saturated rings. The van der Waals surface area contributed by atoms with Crippen LogP contribution in [0.1, 0.15) is 0 Å². The van der Waals surface area contributed by atoms with E-state index in [0.29, 0.717) is 0 Å². The van der Waals surface area contributed by atoms with Gasteiger partial charge in [-0.05, 0) is 0 Å². The molecule has 0 aliphatic carbocycles. The summed E-state index contributed by atoms with van der Waals surface area (Å²) in [4.78, 5) is 21.7. The molecule has 0 N–H and O–H groups in total. The van der Waals surface area contributed by atoms with E-state index in [2.05, 4.69) is 9.47 Å². The van der Waals surface area contributed by atoms with Crippen LogP contribution in [0.2, 0.25) is 0 Å². The number of hydrogen-bond acceptors (Lipinski definition) is 9. The Labute approximate surface area is 103 Å². The predicted molar refractivity (Wildman–Crippen MR) is 50.3 cm³/mol. The largest absolute Gasteiger partial charge is 0.508 e. The highest BCUT2D eigenvalue weighted by molar-refractivity contribution is 7.75. The Morgan fingerprint density at radius 3 is 1.67 bits per heavy atom. The third-order valence-electron chi connectivity index (χ3n) is 2.66. The molecular weight excluding hydrogens is 272 g/mol. The third-order valence-corrected chi connectivity index (χ3v) is 3.42. The standard InChI is InChI=1S/C8H8O9S/c9-7-12-1-3(14-7)5-6(17-18(11)16-5)4-2-13-8(10)15-4/h3-6H,1-2H2. The van der Waals surface area contributed by atoms with Crippen molar-refractivity contribution in [2.24, 2.45) is 0 Å². The molecule has 3 rings (SSSR count). The first-order valence-corrected chi connectivity index (χ1v) is 6.06. The van der Waals surface area contributed by atoms with E-state index in [9.17, 15) is 13.8 Å². The zero-order valence-corrected chi connectivity index (χ0v) is 9.62. The molecule has 0 bridgehead atoms. The third kappa shape index (κ3) is 2.02. The van der Waals surface area contributed by atoms with E-state index in [0.717, 1.165) is 0 Å². The van der Waals surface area contributed by atoms with Crippen LogP contribution in [0.15, 0.2) is 0 Å². The van der Waals surface area contributed by atoms with E-state index in [1.165, 1.54) is 0 Å². The molecule has 18 heavy (non-hydrogen) atoms. The number of rotatable bonds is 2. The lowest BCUT2D eigenvalue weighted by Crippen LogP contribution is -2.44. The van der Waals surface area contributed by atoms with Crippen LogP contribution in [0, 0.1) is 0 Å². The maximum Gasteiger partial charge on any atom is 0.508 e. The van der Waals surface area contributed by atoms with Gasteiger partial charge < -0.3 is 18.9 Å². The molecule has 0 spiro atoms. The van der Waals surface area contributed by atoms with Crippen LogP contribution < -0.4 is 0 Å². The number of ether oxygens (including phenoxy) is 4. The summed E-state index contributed by atoms with van der Waals surface area (Å²) < 4.78 is 40.1. The molecule has 0 radical (unpaired) electrons. The summed E-state index contributed by atoms with van der Waals surface area (Å²) in [6, 6.07) is 0. The first kappa shape index (κ1) is 11.7. The smallest absolute Gasteiger partial charge is 0.430 e. The van der Waals surface area contributed by atoms with Crippen molar-refractivity contribution in [2.75, 3.05) is 13.2 Å². The minimum atomic E-state index is -1.99. The number of carbonyl (C=O) groups excluding carboxylic acids is 2. The van der Waals surface area contributed by atoms with E-state index < -0.39 is 48.1 Å². The highest BCUT2D eigenvalue weighted by Gasteiger charge is 2.52. The van der Waals surface area contributed by atoms with Crippen molar-refractivity contribution < 1.29 is 41.1 Å². The lowest BCUT2D eigenvalue weighted by Gasteiger charge is -2.20. The van der Waals surface area contributed by atoms with Crippen LogP contribution in [0.5, 0.6) is 0 Å². The van der Waals surface area contributed by atoms with Crippen molar-refractivity contribution in [3.05, 3.63) is 0 Å². The second kappa shape index (κ2) is 4.37. The van der Waals surface area contributed by atoms with Crippen LogP contribution in [-0.2, 0) is 38.7 Å². The van der Waals surface area contributed by atoms with E-state index >= 15 is 0 Å². The average Bonchev–Trinajstić information content (AvgIpc) is 2.98. The molecule has 9 nitrogen and oxygen atoms in total. The molecule has 10 heteroatoms. The van der Waals surface area contributed by atoms with Crippen LogP contribution >= 0.6 is 0 Å². The van der Waals surface area contributed by atoms with Crippen molar-refractivity contribution in [1.29, 1.82) is 0 Å². The Kier molecular flexibility index (Phi) is 2.84. The Morgan fingerprint density at radius 2 is 1.33 bits per heavy atom.